The molecule has 3 rings (SSSR count). The standard InChI is InChI=1S/C17H10ClN3OS/c18-15-13-3-1-2-4-14(13)23-16(15)17(22)21-20-10-12-7-5-11(9-19)6-8-12/h1-8,10H,(H,21,22). The molecule has 3 aromatic rings. The maximum absolute atomic E-state index is 12.2. The number of rotatable bonds is 3. The van der Waals surface area contributed by atoms with Gasteiger partial charge >= 0.3 is 0 Å². The largest absolute Gasteiger partial charge is 0.283 e. The van der Waals surface area contributed by atoms with Crippen molar-refractivity contribution in [3.63, 3.8) is 0 Å². The molecule has 1 aromatic heterocycles. The Bertz CT molecular complexity index is 939. The van der Waals surface area contributed by atoms with Gasteiger partial charge < -0.3 is 0 Å². The van der Waals surface area contributed by atoms with E-state index in [2.05, 4.69) is 10.5 Å². The molecule has 0 saturated carbocycles. The molecule has 1 amide bonds. The molecule has 0 spiro atoms. The molecule has 23 heavy (non-hydrogen) atoms. The third-order valence-corrected chi connectivity index (χ3v) is 4.83. The first-order valence-electron chi connectivity index (χ1n) is 6.69. The minimum atomic E-state index is -0.346. The van der Waals surface area contributed by atoms with Gasteiger partial charge in [-0.3, -0.25) is 4.79 Å². The second-order valence-electron chi connectivity index (χ2n) is 4.67. The van der Waals surface area contributed by atoms with Gasteiger partial charge in [0, 0.05) is 10.1 Å². The predicted molar refractivity (Wildman–Crippen MR) is 93.1 cm³/mol. The summed E-state index contributed by atoms with van der Waals surface area (Å²) in [5, 5.41) is 14.0. The predicted octanol–water partition coefficient (Wildman–Crippen LogP) is 4.19. The first kappa shape index (κ1) is 15.2. The van der Waals surface area contributed by atoms with Crippen molar-refractivity contribution in [2.45, 2.75) is 0 Å². The van der Waals surface area contributed by atoms with Crippen molar-refractivity contribution in [1.29, 1.82) is 5.26 Å². The Hall–Kier alpha value is -2.68. The average molecular weight is 340 g/mol. The molecule has 4 nitrogen and oxygen atoms in total. The highest BCUT2D eigenvalue weighted by molar-refractivity contribution is 7.21. The van der Waals surface area contributed by atoms with Gasteiger partial charge in [-0.05, 0) is 23.8 Å². The van der Waals surface area contributed by atoms with Crippen LogP contribution in [-0.4, -0.2) is 12.1 Å². The third-order valence-electron chi connectivity index (χ3n) is 3.16. The summed E-state index contributed by atoms with van der Waals surface area (Å²) in [5.74, 6) is -0.346. The second kappa shape index (κ2) is 6.61. The molecule has 1 heterocycles. The van der Waals surface area contributed by atoms with Crippen LogP contribution >= 0.6 is 22.9 Å². The Morgan fingerprint density at radius 1 is 1.22 bits per heavy atom. The summed E-state index contributed by atoms with van der Waals surface area (Å²) in [7, 11) is 0. The molecule has 0 atom stereocenters. The number of hydrazone groups is 1. The maximum atomic E-state index is 12.2. The number of benzene rings is 2. The molecule has 0 bridgehead atoms. The van der Waals surface area contributed by atoms with E-state index in [1.165, 1.54) is 17.6 Å². The zero-order valence-corrected chi connectivity index (χ0v) is 13.4. The van der Waals surface area contributed by atoms with Crippen molar-refractivity contribution in [3.8, 4) is 6.07 Å². The van der Waals surface area contributed by atoms with E-state index in [0.717, 1.165) is 15.6 Å². The van der Waals surface area contributed by atoms with Gasteiger partial charge in [0.05, 0.1) is 22.9 Å². The third kappa shape index (κ3) is 3.24. The Balaban J connectivity index is 1.74. The molecule has 0 aliphatic rings. The number of nitrogens with one attached hydrogen (secondary N) is 1. The molecule has 0 aliphatic heterocycles. The van der Waals surface area contributed by atoms with Crippen LogP contribution in [0.1, 0.15) is 20.8 Å². The van der Waals surface area contributed by atoms with Crippen LogP contribution in [0.3, 0.4) is 0 Å². The minimum Gasteiger partial charge on any atom is -0.266 e. The molecule has 0 radical (unpaired) electrons. The molecule has 0 fully saturated rings. The lowest BCUT2D eigenvalue weighted by molar-refractivity contribution is 0.0959. The Kier molecular flexibility index (Phi) is 4.38. The maximum Gasteiger partial charge on any atom is 0.283 e. The van der Waals surface area contributed by atoms with Crippen molar-refractivity contribution in [2.75, 3.05) is 0 Å². The lowest BCUT2D eigenvalue weighted by Crippen LogP contribution is -2.16. The SMILES string of the molecule is N#Cc1ccc(C=NNC(=O)c2sc3ccccc3c2Cl)cc1. The van der Waals surface area contributed by atoms with Crippen LogP contribution in [-0.2, 0) is 0 Å². The number of halogens is 1. The first-order valence-corrected chi connectivity index (χ1v) is 7.89. The molecule has 112 valence electrons. The van der Waals surface area contributed by atoms with Gasteiger partial charge in [0.1, 0.15) is 4.88 Å². The quantitative estimate of drug-likeness (QED) is 0.574. The fourth-order valence-electron chi connectivity index (χ4n) is 2.02. The topological polar surface area (TPSA) is 65.2 Å². The summed E-state index contributed by atoms with van der Waals surface area (Å²) in [5.41, 5.74) is 3.83. The summed E-state index contributed by atoms with van der Waals surface area (Å²) in [6.45, 7) is 0. The second-order valence-corrected chi connectivity index (χ2v) is 6.10. The summed E-state index contributed by atoms with van der Waals surface area (Å²) in [6.07, 6.45) is 1.51. The number of carbonyl (C=O) groups excluding carboxylic acids is 1. The number of fused-ring (bicyclic) bond motifs is 1. The highest BCUT2D eigenvalue weighted by Crippen LogP contribution is 2.34. The molecule has 1 N–H and O–H groups in total. The van der Waals surface area contributed by atoms with E-state index in [1.54, 1.807) is 24.3 Å². The average Bonchev–Trinajstić information content (AvgIpc) is 2.93. The van der Waals surface area contributed by atoms with E-state index < -0.39 is 0 Å². The van der Waals surface area contributed by atoms with Gasteiger partial charge in [0.25, 0.3) is 5.91 Å². The fraction of sp³-hybridized carbons (Fsp3) is 0. The van der Waals surface area contributed by atoms with Gasteiger partial charge in [-0.25, -0.2) is 5.43 Å². The summed E-state index contributed by atoms with van der Waals surface area (Å²) in [4.78, 5) is 12.6. The van der Waals surface area contributed by atoms with Crippen molar-refractivity contribution in [3.05, 3.63) is 69.6 Å². The van der Waals surface area contributed by atoms with Crippen LogP contribution in [0.15, 0.2) is 53.6 Å². The Morgan fingerprint density at radius 2 is 1.96 bits per heavy atom. The smallest absolute Gasteiger partial charge is 0.266 e. The number of hydrogen-bond donors (Lipinski definition) is 1. The lowest BCUT2D eigenvalue weighted by Gasteiger charge is -1.97. The van der Waals surface area contributed by atoms with Crippen molar-refractivity contribution in [2.24, 2.45) is 5.10 Å². The van der Waals surface area contributed by atoms with Crippen LogP contribution in [0.2, 0.25) is 5.02 Å². The van der Waals surface area contributed by atoms with E-state index in [1.807, 2.05) is 30.3 Å². The number of hydrogen-bond acceptors (Lipinski definition) is 4. The van der Waals surface area contributed by atoms with Gasteiger partial charge in [-0.15, -0.1) is 11.3 Å². The van der Waals surface area contributed by atoms with E-state index in [-0.39, 0.29) is 5.91 Å². The molecule has 0 unspecified atom stereocenters. The monoisotopic (exact) mass is 339 g/mol. The van der Waals surface area contributed by atoms with Gasteiger partial charge in [0.2, 0.25) is 0 Å². The van der Waals surface area contributed by atoms with E-state index in [4.69, 9.17) is 16.9 Å². The number of nitriles is 1. The van der Waals surface area contributed by atoms with Crippen molar-refractivity contribution < 1.29 is 4.79 Å². The summed E-state index contributed by atoms with van der Waals surface area (Å²) >= 11 is 7.58. The highest BCUT2D eigenvalue weighted by atomic mass is 35.5. The van der Waals surface area contributed by atoms with Crippen molar-refractivity contribution in [1.82, 2.24) is 5.43 Å². The van der Waals surface area contributed by atoms with Crippen LogP contribution in [0, 0.1) is 11.3 Å². The number of nitrogens with zero attached hydrogens (tertiary/aromatic N) is 2. The van der Waals surface area contributed by atoms with E-state index in [0.29, 0.717) is 15.5 Å². The summed E-state index contributed by atoms with van der Waals surface area (Å²) in [6, 6.07) is 16.5. The van der Waals surface area contributed by atoms with Crippen LogP contribution in [0.5, 0.6) is 0 Å². The summed E-state index contributed by atoms with van der Waals surface area (Å²) < 4.78 is 0.957. The first-order chi connectivity index (χ1) is 11.2. The van der Waals surface area contributed by atoms with Crippen LogP contribution in [0.4, 0.5) is 0 Å². The number of carbonyl (C=O) groups is 1. The van der Waals surface area contributed by atoms with E-state index in [9.17, 15) is 4.79 Å². The normalized spacial score (nSPS) is 10.8. The molecule has 0 aliphatic carbocycles. The Morgan fingerprint density at radius 3 is 2.65 bits per heavy atom. The van der Waals surface area contributed by atoms with Gasteiger partial charge in [-0.1, -0.05) is 41.9 Å². The number of amides is 1. The zero-order chi connectivity index (χ0) is 16.2. The molecular formula is C17H10ClN3OS. The number of thiophene rings is 1. The Labute approximate surface area is 141 Å². The molecule has 6 heteroatoms. The van der Waals surface area contributed by atoms with Gasteiger partial charge in [0.15, 0.2) is 0 Å². The van der Waals surface area contributed by atoms with Gasteiger partial charge in [-0.2, -0.15) is 10.4 Å². The molecular weight excluding hydrogens is 330 g/mol. The lowest BCUT2D eigenvalue weighted by atomic mass is 10.2. The molecule has 2 aromatic carbocycles. The van der Waals surface area contributed by atoms with E-state index >= 15 is 0 Å². The fourth-order valence-corrected chi connectivity index (χ4v) is 3.43. The van der Waals surface area contributed by atoms with Crippen LogP contribution in [0.25, 0.3) is 10.1 Å². The van der Waals surface area contributed by atoms with Crippen LogP contribution < -0.4 is 5.43 Å². The van der Waals surface area contributed by atoms with Crippen molar-refractivity contribution >= 4 is 45.1 Å². The zero-order valence-electron chi connectivity index (χ0n) is 11.8. The highest BCUT2D eigenvalue weighted by Gasteiger charge is 2.16. The molecule has 0 saturated heterocycles. The minimum absolute atomic E-state index is 0.346.